The van der Waals surface area contributed by atoms with Crippen molar-refractivity contribution in [2.45, 2.75) is 12.6 Å². The Labute approximate surface area is 135 Å². The average Bonchev–Trinajstić information content (AvgIpc) is 2.94. The molecule has 3 rings (SSSR count). The van der Waals surface area contributed by atoms with Gasteiger partial charge in [0.25, 0.3) is 5.91 Å². The summed E-state index contributed by atoms with van der Waals surface area (Å²) < 4.78 is 1.72. The van der Waals surface area contributed by atoms with Crippen LogP contribution in [0.2, 0.25) is 0 Å². The molecule has 1 aromatic heterocycles. The quantitative estimate of drug-likeness (QED) is 0.568. The molecule has 2 saturated heterocycles. The van der Waals surface area contributed by atoms with Crippen LogP contribution < -0.4 is 10.6 Å². The average molecular weight is 323 g/mol. The molecule has 9 heteroatoms. The van der Waals surface area contributed by atoms with Crippen molar-refractivity contribution in [1.29, 1.82) is 0 Å². The number of β-amino-alcohol motifs (C(OH)–C–C–N with tert-alkyl or cyclic N) is 1. The number of aromatic nitrogens is 3. The predicted octanol–water partition coefficient (Wildman–Crippen LogP) is -2.41. The molecule has 1 amide bonds. The fourth-order valence-corrected chi connectivity index (χ4v) is 2.92. The highest BCUT2D eigenvalue weighted by atomic mass is 16.3. The molecule has 0 spiro atoms. The largest absolute Gasteiger partial charge is 0.390 e. The number of aliphatic hydroxyl groups is 1. The number of aliphatic hydroxyl groups excluding tert-OH is 1. The number of rotatable bonds is 4. The summed E-state index contributed by atoms with van der Waals surface area (Å²) >= 11 is 0. The van der Waals surface area contributed by atoms with Gasteiger partial charge in [0, 0.05) is 58.9 Å². The van der Waals surface area contributed by atoms with E-state index in [0.29, 0.717) is 31.9 Å². The molecule has 0 radical (unpaired) electrons. The molecule has 0 aromatic carbocycles. The van der Waals surface area contributed by atoms with Crippen LogP contribution in [0, 0.1) is 0 Å². The number of nitrogens with zero attached hydrogens (tertiary/aromatic N) is 5. The van der Waals surface area contributed by atoms with Gasteiger partial charge < -0.3 is 20.6 Å². The number of nitrogens with one attached hydrogen (secondary N) is 2. The normalized spacial score (nSPS) is 23.7. The van der Waals surface area contributed by atoms with Crippen molar-refractivity contribution in [3.8, 4) is 0 Å². The maximum Gasteiger partial charge on any atom is 0.276 e. The monoisotopic (exact) mass is 323 g/mol. The second-order valence-corrected chi connectivity index (χ2v) is 6.07. The van der Waals surface area contributed by atoms with E-state index in [-0.39, 0.29) is 5.91 Å². The van der Waals surface area contributed by atoms with E-state index in [9.17, 15) is 9.90 Å². The van der Waals surface area contributed by atoms with Gasteiger partial charge in [0.2, 0.25) is 0 Å². The molecule has 3 N–H and O–H groups in total. The maximum atomic E-state index is 12.5. The fourth-order valence-electron chi connectivity index (χ4n) is 2.92. The van der Waals surface area contributed by atoms with Gasteiger partial charge in [-0.1, -0.05) is 5.21 Å². The summed E-state index contributed by atoms with van der Waals surface area (Å²) in [6.07, 6.45) is 1.17. The maximum absolute atomic E-state index is 12.5. The fraction of sp³-hybridized carbons (Fsp3) is 0.786. The van der Waals surface area contributed by atoms with E-state index < -0.39 is 6.10 Å². The molecule has 0 aliphatic carbocycles. The van der Waals surface area contributed by atoms with Crippen LogP contribution in [0.5, 0.6) is 0 Å². The van der Waals surface area contributed by atoms with Crippen molar-refractivity contribution in [2.24, 2.45) is 0 Å². The van der Waals surface area contributed by atoms with Crippen LogP contribution in [-0.4, -0.2) is 101 Å². The molecular formula is C14H25N7O2. The van der Waals surface area contributed by atoms with Gasteiger partial charge in [0.15, 0.2) is 5.69 Å². The SMILES string of the molecule is O=C(c1cn(CCN2CCNCC2)nn1)N1CCNCC(O)C1. The first kappa shape index (κ1) is 16.3. The zero-order valence-corrected chi connectivity index (χ0v) is 13.3. The Hall–Kier alpha value is -1.55. The molecule has 0 bridgehead atoms. The van der Waals surface area contributed by atoms with Crippen molar-refractivity contribution < 1.29 is 9.90 Å². The first-order valence-electron chi connectivity index (χ1n) is 8.23. The van der Waals surface area contributed by atoms with Crippen molar-refractivity contribution in [2.75, 3.05) is 58.9 Å². The summed E-state index contributed by atoms with van der Waals surface area (Å²) in [5, 5.41) is 24.3. The minimum Gasteiger partial charge on any atom is -0.390 e. The van der Waals surface area contributed by atoms with Gasteiger partial charge >= 0.3 is 0 Å². The lowest BCUT2D eigenvalue weighted by molar-refractivity contribution is 0.0667. The van der Waals surface area contributed by atoms with Crippen LogP contribution in [0.4, 0.5) is 0 Å². The Balaban J connectivity index is 1.54. The van der Waals surface area contributed by atoms with Crippen LogP contribution in [0.3, 0.4) is 0 Å². The smallest absolute Gasteiger partial charge is 0.276 e. The Morgan fingerprint density at radius 2 is 2.00 bits per heavy atom. The minimum atomic E-state index is -0.538. The molecule has 1 aromatic rings. The first-order chi connectivity index (χ1) is 11.2. The second kappa shape index (κ2) is 7.82. The van der Waals surface area contributed by atoms with Gasteiger partial charge in [-0.25, -0.2) is 0 Å². The minimum absolute atomic E-state index is 0.166. The highest BCUT2D eigenvalue weighted by Crippen LogP contribution is 2.04. The van der Waals surface area contributed by atoms with Crippen molar-refractivity contribution in [1.82, 2.24) is 35.4 Å². The van der Waals surface area contributed by atoms with E-state index in [1.54, 1.807) is 15.8 Å². The molecule has 0 saturated carbocycles. The Morgan fingerprint density at radius 3 is 2.83 bits per heavy atom. The summed E-state index contributed by atoms with van der Waals surface area (Å²) in [6.45, 7) is 7.86. The Bertz CT molecular complexity index is 515. The van der Waals surface area contributed by atoms with E-state index in [2.05, 4.69) is 25.8 Å². The third-order valence-electron chi connectivity index (χ3n) is 4.27. The van der Waals surface area contributed by atoms with Crippen LogP contribution in [0.25, 0.3) is 0 Å². The van der Waals surface area contributed by atoms with E-state index in [4.69, 9.17) is 0 Å². The first-order valence-corrected chi connectivity index (χ1v) is 8.23. The van der Waals surface area contributed by atoms with Gasteiger partial charge in [-0.2, -0.15) is 0 Å². The van der Waals surface area contributed by atoms with Crippen molar-refractivity contribution in [3.05, 3.63) is 11.9 Å². The van der Waals surface area contributed by atoms with Gasteiger partial charge in [-0.05, 0) is 0 Å². The predicted molar refractivity (Wildman–Crippen MR) is 84.1 cm³/mol. The lowest BCUT2D eigenvalue weighted by Gasteiger charge is -2.26. The Morgan fingerprint density at radius 1 is 1.22 bits per heavy atom. The van der Waals surface area contributed by atoms with Crippen LogP contribution in [0.15, 0.2) is 6.20 Å². The molecule has 2 fully saturated rings. The molecule has 3 heterocycles. The summed E-state index contributed by atoms with van der Waals surface area (Å²) in [5.74, 6) is -0.166. The Kier molecular flexibility index (Phi) is 5.55. The number of hydrogen-bond donors (Lipinski definition) is 3. The highest BCUT2D eigenvalue weighted by molar-refractivity contribution is 5.92. The summed E-state index contributed by atoms with van der Waals surface area (Å²) in [4.78, 5) is 16.5. The van der Waals surface area contributed by atoms with E-state index in [1.165, 1.54) is 0 Å². The van der Waals surface area contributed by atoms with E-state index in [1.807, 2.05) is 0 Å². The molecule has 23 heavy (non-hydrogen) atoms. The van der Waals surface area contributed by atoms with Gasteiger partial charge in [-0.15, -0.1) is 5.10 Å². The van der Waals surface area contributed by atoms with Crippen LogP contribution in [0.1, 0.15) is 10.5 Å². The van der Waals surface area contributed by atoms with E-state index >= 15 is 0 Å². The highest BCUT2D eigenvalue weighted by Gasteiger charge is 2.23. The summed E-state index contributed by atoms with van der Waals surface area (Å²) in [5.41, 5.74) is 0.347. The van der Waals surface area contributed by atoms with Crippen LogP contribution in [-0.2, 0) is 6.54 Å². The molecule has 1 unspecified atom stereocenters. The van der Waals surface area contributed by atoms with Gasteiger partial charge in [0.05, 0.1) is 18.8 Å². The van der Waals surface area contributed by atoms with Crippen molar-refractivity contribution >= 4 is 5.91 Å². The number of carbonyl (C=O) groups excluding carboxylic acids is 1. The summed E-state index contributed by atoms with van der Waals surface area (Å²) in [6, 6.07) is 0. The second-order valence-electron chi connectivity index (χ2n) is 6.07. The standard InChI is InChI=1S/C14H25N7O2/c22-12-9-16-3-6-20(10-12)14(23)13-11-21(18-17-13)8-7-19-4-1-15-2-5-19/h11-12,15-16,22H,1-10H2. The molecular weight excluding hydrogens is 298 g/mol. The van der Waals surface area contributed by atoms with Crippen molar-refractivity contribution in [3.63, 3.8) is 0 Å². The third kappa shape index (κ3) is 4.47. The molecule has 1 atom stereocenters. The molecule has 9 nitrogen and oxygen atoms in total. The number of hydrogen-bond acceptors (Lipinski definition) is 7. The summed E-state index contributed by atoms with van der Waals surface area (Å²) in [7, 11) is 0. The lowest BCUT2D eigenvalue weighted by Crippen LogP contribution is -2.44. The zero-order chi connectivity index (χ0) is 16.1. The molecule has 128 valence electrons. The lowest BCUT2D eigenvalue weighted by atomic mass is 10.3. The number of piperazine rings is 1. The van der Waals surface area contributed by atoms with E-state index in [0.717, 1.165) is 39.3 Å². The molecule has 2 aliphatic heterocycles. The topological polar surface area (TPSA) is 98.6 Å². The van der Waals surface area contributed by atoms with Crippen LogP contribution >= 0.6 is 0 Å². The van der Waals surface area contributed by atoms with Gasteiger partial charge in [-0.3, -0.25) is 14.4 Å². The zero-order valence-electron chi connectivity index (χ0n) is 13.3. The number of amides is 1. The molecule has 2 aliphatic rings. The third-order valence-corrected chi connectivity index (χ3v) is 4.27. The van der Waals surface area contributed by atoms with Gasteiger partial charge in [0.1, 0.15) is 0 Å². The number of carbonyl (C=O) groups is 1.